The molecule has 0 bridgehead atoms. The molecule has 1 unspecified atom stereocenters. The maximum Gasteiger partial charge on any atom is 0.278 e. The third-order valence-corrected chi connectivity index (χ3v) is 2.69. The number of ether oxygens (including phenoxy) is 1. The van der Waals surface area contributed by atoms with Gasteiger partial charge in [-0.15, -0.1) is 0 Å². The lowest BCUT2D eigenvalue weighted by molar-refractivity contribution is 0.0217. The van der Waals surface area contributed by atoms with Crippen molar-refractivity contribution in [3.05, 3.63) is 24.2 Å². The van der Waals surface area contributed by atoms with Gasteiger partial charge in [-0.25, -0.2) is 4.98 Å². The van der Waals surface area contributed by atoms with E-state index < -0.39 is 0 Å². The number of nitrogen functional groups attached to an aromatic ring is 1. The Bertz CT molecular complexity index is 539. The molecule has 2 aromatic heterocycles. The number of rotatable bonds is 5. The van der Waals surface area contributed by atoms with E-state index in [9.17, 15) is 0 Å². The highest BCUT2D eigenvalue weighted by Crippen LogP contribution is 2.27. The zero-order valence-electron chi connectivity index (χ0n) is 11.3. The fourth-order valence-electron chi connectivity index (χ4n) is 1.79. The quantitative estimate of drug-likeness (QED) is 0.890. The first-order valence-corrected chi connectivity index (χ1v) is 6.29. The lowest BCUT2D eigenvalue weighted by Gasteiger charge is -2.16. The molecular weight excluding hydrogens is 244 g/mol. The summed E-state index contributed by atoms with van der Waals surface area (Å²) < 4.78 is 10.9. The van der Waals surface area contributed by atoms with Crippen LogP contribution in [0.2, 0.25) is 0 Å². The Hall–Kier alpha value is -1.95. The highest BCUT2D eigenvalue weighted by molar-refractivity contribution is 5.65. The monoisotopic (exact) mass is 262 g/mol. The van der Waals surface area contributed by atoms with Crippen LogP contribution in [0.4, 0.5) is 5.69 Å². The summed E-state index contributed by atoms with van der Waals surface area (Å²) >= 11 is 0. The van der Waals surface area contributed by atoms with Gasteiger partial charge >= 0.3 is 0 Å². The minimum absolute atomic E-state index is 0.188. The van der Waals surface area contributed by atoms with Gasteiger partial charge in [0, 0.05) is 12.8 Å². The van der Waals surface area contributed by atoms with E-state index in [0.717, 1.165) is 0 Å². The molecule has 0 aliphatic heterocycles. The van der Waals surface area contributed by atoms with Crippen LogP contribution in [-0.4, -0.2) is 21.7 Å². The van der Waals surface area contributed by atoms with Crippen LogP contribution in [0.1, 0.15) is 32.7 Å². The average molecular weight is 262 g/mol. The van der Waals surface area contributed by atoms with Crippen LogP contribution in [-0.2, 0) is 4.74 Å². The lowest BCUT2D eigenvalue weighted by Crippen LogP contribution is -2.12. The average Bonchev–Trinajstić information content (AvgIpc) is 2.85. The summed E-state index contributed by atoms with van der Waals surface area (Å²) in [5.41, 5.74) is 6.84. The molecule has 0 saturated carbocycles. The van der Waals surface area contributed by atoms with Gasteiger partial charge in [0.25, 0.3) is 5.89 Å². The van der Waals surface area contributed by atoms with E-state index in [1.807, 2.05) is 20.8 Å². The maximum absolute atomic E-state index is 5.83. The number of aromatic nitrogens is 3. The van der Waals surface area contributed by atoms with Gasteiger partial charge in [-0.1, -0.05) is 19.0 Å². The van der Waals surface area contributed by atoms with Gasteiger partial charge in [-0.05, 0) is 25.0 Å². The second-order valence-corrected chi connectivity index (χ2v) is 4.52. The molecule has 2 rings (SSSR count). The van der Waals surface area contributed by atoms with Crippen molar-refractivity contribution < 1.29 is 9.26 Å². The molecule has 0 fully saturated rings. The predicted molar refractivity (Wildman–Crippen MR) is 71.1 cm³/mol. The largest absolute Gasteiger partial charge is 0.397 e. The minimum atomic E-state index is -0.188. The topological polar surface area (TPSA) is 87.1 Å². The number of pyridine rings is 1. The fraction of sp³-hybridized carbons (Fsp3) is 0.462. The van der Waals surface area contributed by atoms with Gasteiger partial charge in [0.1, 0.15) is 6.10 Å². The van der Waals surface area contributed by atoms with Crippen LogP contribution in [0.15, 0.2) is 22.9 Å². The molecule has 2 aromatic rings. The van der Waals surface area contributed by atoms with Gasteiger partial charge in [0.15, 0.2) is 5.69 Å². The Kier molecular flexibility index (Phi) is 4.11. The Labute approximate surface area is 112 Å². The van der Waals surface area contributed by atoms with Gasteiger partial charge < -0.3 is 15.0 Å². The highest BCUT2D eigenvalue weighted by atomic mass is 16.5. The Balaban J connectivity index is 2.30. The summed E-state index contributed by atoms with van der Waals surface area (Å²) in [6, 6.07) is 3.50. The molecule has 0 spiro atoms. The van der Waals surface area contributed by atoms with E-state index >= 15 is 0 Å². The molecule has 0 radical (unpaired) electrons. The maximum atomic E-state index is 5.83. The number of hydrogen-bond acceptors (Lipinski definition) is 6. The summed E-state index contributed by atoms with van der Waals surface area (Å²) in [7, 11) is 0. The molecule has 0 saturated heterocycles. The van der Waals surface area contributed by atoms with Crippen molar-refractivity contribution >= 4 is 5.69 Å². The van der Waals surface area contributed by atoms with Crippen molar-refractivity contribution in [2.45, 2.75) is 26.9 Å². The van der Waals surface area contributed by atoms with Gasteiger partial charge in [0.05, 0.1) is 5.69 Å². The Morgan fingerprint density at radius 1 is 1.42 bits per heavy atom. The number of nitrogens with zero attached hydrogens (tertiary/aromatic N) is 3. The lowest BCUT2D eigenvalue weighted by atomic mass is 10.1. The van der Waals surface area contributed by atoms with E-state index in [4.69, 9.17) is 15.0 Å². The van der Waals surface area contributed by atoms with Crippen LogP contribution < -0.4 is 5.73 Å². The Morgan fingerprint density at radius 2 is 2.21 bits per heavy atom. The standard InChI is InChI=1S/C13H18N4O2/c1-4-18-11(8(2)3)12-16-13(19-17-12)10-9(14)6-5-7-15-10/h5-8,11H,4,14H2,1-3H3. The van der Waals surface area contributed by atoms with Crippen molar-refractivity contribution in [3.63, 3.8) is 0 Å². The fourth-order valence-corrected chi connectivity index (χ4v) is 1.79. The van der Waals surface area contributed by atoms with Crippen molar-refractivity contribution in [3.8, 4) is 11.6 Å². The third-order valence-electron chi connectivity index (χ3n) is 2.69. The van der Waals surface area contributed by atoms with Crippen LogP contribution >= 0.6 is 0 Å². The number of hydrogen-bond donors (Lipinski definition) is 1. The number of anilines is 1. The van der Waals surface area contributed by atoms with E-state index in [-0.39, 0.29) is 12.0 Å². The zero-order valence-corrected chi connectivity index (χ0v) is 11.3. The molecule has 19 heavy (non-hydrogen) atoms. The molecule has 6 nitrogen and oxygen atoms in total. The summed E-state index contributed by atoms with van der Waals surface area (Å²) in [6.45, 7) is 6.63. The summed E-state index contributed by atoms with van der Waals surface area (Å²) in [6.07, 6.45) is 1.45. The van der Waals surface area contributed by atoms with E-state index in [1.165, 1.54) is 0 Å². The summed E-state index contributed by atoms with van der Waals surface area (Å²) in [5, 5.41) is 3.97. The zero-order chi connectivity index (χ0) is 13.8. The first-order chi connectivity index (χ1) is 9.13. The number of nitrogens with two attached hydrogens (primary N) is 1. The minimum Gasteiger partial charge on any atom is -0.397 e. The second-order valence-electron chi connectivity index (χ2n) is 4.52. The second kappa shape index (κ2) is 5.79. The van der Waals surface area contributed by atoms with Crippen molar-refractivity contribution in [1.29, 1.82) is 0 Å². The predicted octanol–water partition coefficient (Wildman–Crippen LogP) is 2.45. The van der Waals surface area contributed by atoms with Gasteiger partial charge in [-0.2, -0.15) is 4.98 Å². The SMILES string of the molecule is CCOC(c1noc(-c2ncccc2N)n1)C(C)C. The molecule has 0 aliphatic rings. The Morgan fingerprint density at radius 3 is 2.84 bits per heavy atom. The molecule has 102 valence electrons. The molecule has 2 N–H and O–H groups in total. The molecule has 0 amide bonds. The molecule has 0 aliphatic carbocycles. The van der Waals surface area contributed by atoms with Crippen LogP contribution in [0, 0.1) is 5.92 Å². The summed E-state index contributed by atoms with van der Waals surface area (Å²) in [4.78, 5) is 8.49. The molecule has 2 heterocycles. The summed E-state index contributed by atoms with van der Waals surface area (Å²) in [5.74, 6) is 1.10. The van der Waals surface area contributed by atoms with Crippen molar-refractivity contribution in [1.82, 2.24) is 15.1 Å². The molecular formula is C13H18N4O2. The van der Waals surface area contributed by atoms with Gasteiger partial charge in [-0.3, -0.25) is 0 Å². The van der Waals surface area contributed by atoms with Crippen LogP contribution in [0.25, 0.3) is 11.6 Å². The first-order valence-electron chi connectivity index (χ1n) is 6.29. The third kappa shape index (κ3) is 2.90. The highest BCUT2D eigenvalue weighted by Gasteiger charge is 2.23. The van der Waals surface area contributed by atoms with Gasteiger partial charge in [0.2, 0.25) is 5.82 Å². The smallest absolute Gasteiger partial charge is 0.278 e. The molecule has 6 heteroatoms. The van der Waals surface area contributed by atoms with E-state index in [1.54, 1.807) is 18.3 Å². The van der Waals surface area contributed by atoms with Crippen LogP contribution in [0.3, 0.4) is 0 Å². The van der Waals surface area contributed by atoms with E-state index in [2.05, 4.69) is 15.1 Å². The molecule has 0 aromatic carbocycles. The van der Waals surface area contributed by atoms with Crippen molar-refractivity contribution in [2.24, 2.45) is 5.92 Å². The van der Waals surface area contributed by atoms with Crippen molar-refractivity contribution in [2.75, 3.05) is 12.3 Å². The first kappa shape index (κ1) is 13.5. The van der Waals surface area contributed by atoms with Crippen LogP contribution in [0.5, 0.6) is 0 Å². The molecule has 1 atom stereocenters. The normalized spacial score (nSPS) is 12.8. The van der Waals surface area contributed by atoms with E-state index in [0.29, 0.717) is 29.7 Å².